The Balaban J connectivity index is 2.16. The van der Waals surface area contributed by atoms with Crippen molar-refractivity contribution < 1.29 is 20.9 Å². The van der Waals surface area contributed by atoms with Gasteiger partial charge in [0.1, 0.15) is 12.1 Å². The number of nitrogens with zero attached hydrogens (tertiary/aromatic N) is 1. The molecule has 2 N–H and O–H groups in total. The van der Waals surface area contributed by atoms with E-state index < -0.39 is 35.6 Å². The molecular formula is C20H28N2O4. The first kappa shape index (κ1) is 18.6. The lowest BCUT2D eigenvalue weighted by Gasteiger charge is -2.24. The van der Waals surface area contributed by atoms with Gasteiger partial charge in [0, 0.05) is 25.9 Å². The summed E-state index contributed by atoms with van der Waals surface area (Å²) in [7, 11) is 1.70. The van der Waals surface area contributed by atoms with Crippen LogP contribution in [0.2, 0.25) is 0 Å². The van der Waals surface area contributed by atoms with Gasteiger partial charge in [0.25, 0.3) is 0 Å². The van der Waals surface area contributed by atoms with Crippen LogP contribution in [-0.2, 0) is 20.8 Å². The van der Waals surface area contributed by atoms with E-state index in [1.54, 1.807) is 32.7 Å². The predicted octanol–water partition coefficient (Wildman–Crippen LogP) is 1.47. The molecule has 0 saturated heterocycles. The molecule has 0 fully saturated rings. The summed E-state index contributed by atoms with van der Waals surface area (Å²) in [6, 6.07) is 6.69. The minimum atomic E-state index is -2.22. The van der Waals surface area contributed by atoms with Crippen LogP contribution in [0.1, 0.15) is 45.7 Å². The van der Waals surface area contributed by atoms with Crippen LogP contribution < -0.4 is 5.32 Å². The molecule has 1 aromatic carbocycles. The summed E-state index contributed by atoms with van der Waals surface area (Å²) in [5, 5.41) is 12.7. The predicted molar refractivity (Wildman–Crippen MR) is 98.3 cm³/mol. The lowest BCUT2D eigenvalue weighted by Crippen LogP contribution is -2.43. The van der Waals surface area contributed by atoms with E-state index in [0.717, 1.165) is 11.1 Å². The number of benzene rings is 1. The van der Waals surface area contributed by atoms with Crippen LogP contribution in [0.15, 0.2) is 24.3 Å². The van der Waals surface area contributed by atoms with E-state index in [4.69, 9.17) is 1.37 Å². The number of aliphatic hydroxyl groups is 1. The number of amides is 2. The van der Waals surface area contributed by atoms with Gasteiger partial charge in [-0.05, 0) is 23.5 Å². The van der Waals surface area contributed by atoms with Crippen molar-refractivity contribution in [3.8, 4) is 0 Å². The normalized spacial score (nSPS) is 21.3. The van der Waals surface area contributed by atoms with Gasteiger partial charge in [0.2, 0.25) is 11.8 Å². The Kier molecular flexibility index (Phi) is 6.04. The van der Waals surface area contributed by atoms with Gasteiger partial charge in [-0.1, -0.05) is 45.0 Å². The van der Waals surface area contributed by atoms with E-state index in [-0.39, 0.29) is 12.3 Å². The van der Waals surface area contributed by atoms with Crippen LogP contribution in [0.4, 0.5) is 0 Å². The first-order valence-electron chi connectivity index (χ1n) is 9.44. The molecule has 0 bridgehead atoms. The molecule has 3 atom stereocenters. The molecular weight excluding hydrogens is 332 g/mol. The third-order valence-electron chi connectivity index (χ3n) is 4.76. The zero-order chi connectivity index (χ0) is 20.4. The van der Waals surface area contributed by atoms with E-state index in [9.17, 15) is 19.5 Å². The summed E-state index contributed by atoms with van der Waals surface area (Å²) < 4.78 is 7.77. The number of fused-ring (bicyclic) bond motifs is 1. The highest BCUT2D eigenvalue weighted by molar-refractivity contribution is 5.92. The molecule has 0 radical (unpaired) electrons. The van der Waals surface area contributed by atoms with Gasteiger partial charge in [0.15, 0.2) is 5.78 Å². The van der Waals surface area contributed by atoms with Crippen LogP contribution in [0.3, 0.4) is 0 Å². The molecule has 0 saturated carbocycles. The van der Waals surface area contributed by atoms with Crippen molar-refractivity contribution in [2.24, 2.45) is 11.8 Å². The minimum absolute atomic E-state index is 0.203. The number of ketones is 1. The third-order valence-corrected chi connectivity index (χ3v) is 4.76. The molecule has 2 amide bonds. The van der Waals surface area contributed by atoms with Gasteiger partial charge in [0.05, 0.1) is 1.37 Å². The average Bonchev–Trinajstić information content (AvgIpc) is 2.73. The molecule has 6 heteroatoms. The summed E-state index contributed by atoms with van der Waals surface area (Å²) in [6.07, 6.45) is -1.78. The van der Waals surface area contributed by atoms with Crippen molar-refractivity contribution in [2.45, 2.75) is 45.7 Å². The van der Waals surface area contributed by atoms with Crippen molar-refractivity contribution in [3.05, 3.63) is 35.4 Å². The fourth-order valence-electron chi connectivity index (χ4n) is 3.02. The van der Waals surface area contributed by atoms with Gasteiger partial charge in [-0.3, -0.25) is 14.4 Å². The number of hydrogen-bond acceptors (Lipinski definition) is 4. The SMILES string of the molecule is [2H][C@@](O)(C(=O)C[C@@H](C)C(=O)N[C@@H]1C(=O)N(C)CCc2ccccc21)C(C)C. The first-order valence-corrected chi connectivity index (χ1v) is 8.94. The summed E-state index contributed by atoms with van der Waals surface area (Å²) in [4.78, 5) is 39.1. The molecule has 0 aromatic heterocycles. The zero-order valence-electron chi connectivity index (χ0n) is 16.8. The number of carbonyl (C=O) groups excluding carboxylic acids is 3. The highest BCUT2D eigenvalue weighted by Crippen LogP contribution is 2.25. The number of hydrogen-bond donors (Lipinski definition) is 2. The van der Waals surface area contributed by atoms with E-state index in [1.165, 1.54) is 0 Å². The van der Waals surface area contributed by atoms with Crippen LogP contribution in [0.25, 0.3) is 0 Å². The summed E-state index contributed by atoms with van der Waals surface area (Å²) in [5.74, 6) is -2.70. The Bertz CT molecular complexity index is 732. The number of rotatable bonds is 6. The zero-order valence-corrected chi connectivity index (χ0v) is 15.8. The molecule has 0 unspecified atom stereocenters. The van der Waals surface area contributed by atoms with Crippen molar-refractivity contribution in [1.29, 1.82) is 0 Å². The molecule has 1 aliphatic rings. The highest BCUT2D eigenvalue weighted by Gasteiger charge is 2.32. The molecule has 2 rings (SSSR count). The highest BCUT2D eigenvalue weighted by atomic mass is 16.3. The maximum Gasteiger partial charge on any atom is 0.249 e. The Morgan fingerprint density at radius 1 is 1.35 bits per heavy atom. The quantitative estimate of drug-likeness (QED) is 0.803. The van der Waals surface area contributed by atoms with Gasteiger partial charge in [-0.2, -0.15) is 0 Å². The fraction of sp³-hybridized carbons (Fsp3) is 0.550. The van der Waals surface area contributed by atoms with Crippen molar-refractivity contribution in [2.75, 3.05) is 13.6 Å². The van der Waals surface area contributed by atoms with Gasteiger partial charge in [-0.25, -0.2) is 0 Å². The van der Waals surface area contributed by atoms with Crippen molar-refractivity contribution in [1.82, 2.24) is 10.2 Å². The summed E-state index contributed by atoms with van der Waals surface area (Å²) in [5.41, 5.74) is 1.77. The molecule has 26 heavy (non-hydrogen) atoms. The van der Waals surface area contributed by atoms with E-state index in [1.807, 2.05) is 24.3 Å². The van der Waals surface area contributed by atoms with E-state index in [0.29, 0.717) is 13.0 Å². The second-order valence-electron chi connectivity index (χ2n) is 7.22. The molecule has 1 aromatic rings. The number of likely N-dealkylation sites (N-methyl/N-ethyl adjacent to an activating group) is 1. The second kappa shape index (κ2) is 8.45. The second-order valence-corrected chi connectivity index (χ2v) is 7.22. The van der Waals surface area contributed by atoms with Crippen LogP contribution >= 0.6 is 0 Å². The number of nitrogens with one attached hydrogen (secondary N) is 1. The largest absolute Gasteiger partial charge is 0.385 e. The lowest BCUT2D eigenvalue weighted by atomic mass is 9.94. The molecule has 0 aliphatic carbocycles. The van der Waals surface area contributed by atoms with Crippen LogP contribution in [0.5, 0.6) is 0 Å². The Morgan fingerprint density at radius 2 is 2.00 bits per heavy atom. The number of carbonyl (C=O) groups is 3. The molecule has 1 aliphatic heterocycles. The number of Topliss-reactive ketones (excluding diaryl/α,β-unsaturated/α-hetero) is 1. The van der Waals surface area contributed by atoms with Gasteiger partial charge in [-0.15, -0.1) is 0 Å². The smallest absolute Gasteiger partial charge is 0.249 e. The van der Waals surface area contributed by atoms with Gasteiger partial charge < -0.3 is 15.3 Å². The van der Waals surface area contributed by atoms with E-state index >= 15 is 0 Å². The maximum atomic E-state index is 12.7. The lowest BCUT2D eigenvalue weighted by molar-refractivity contribution is -0.137. The summed E-state index contributed by atoms with van der Waals surface area (Å²) >= 11 is 0. The van der Waals surface area contributed by atoms with E-state index in [2.05, 4.69) is 5.32 Å². The van der Waals surface area contributed by atoms with Crippen molar-refractivity contribution >= 4 is 17.6 Å². The van der Waals surface area contributed by atoms with Crippen molar-refractivity contribution in [3.63, 3.8) is 0 Å². The van der Waals surface area contributed by atoms with Crippen LogP contribution in [0, 0.1) is 11.8 Å². The fourth-order valence-corrected chi connectivity index (χ4v) is 3.02. The molecule has 6 nitrogen and oxygen atoms in total. The standard InChI is InChI=1S/C20H28N2O4/c1-12(2)18(24)16(23)11-13(3)19(25)21-17-15-8-6-5-7-14(15)9-10-22(4)20(17)26/h5-8,12-13,17-18,24H,9-11H2,1-4H3,(H,21,25)/t13-,17+,18+/m1/s1/i18D. The third kappa shape index (κ3) is 4.49. The van der Waals surface area contributed by atoms with Gasteiger partial charge >= 0.3 is 0 Å². The molecule has 1 heterocycles. The average molecular weight is 361 g/mol. The monoisotopic (exact) mass is 361 g/mol. The molecule has 0 spiro atoms. The Hall–Kier alpha value is -2.21. The Labute approximate surface area is 156 Å². The topological polar surface area (TPSA) is 86.7 Å². The Morgan fingerprint density at radius 3 is 2.65 bits per heavy atom. The first-order chi connectivity index (χ1) is 12.6. The van der Waals surface area contributed by atoms with Crippen LogP contribution in [-0.4, -0.2) is 47.3 Å². The minimum Gasteiger partial charge on any atom is -0.385 e. The maximum absolute atomic E-state index is 12.7. The summed E-state index contributed by atoms with van der Waals surface area (Å²) in [6.45, 7) is 5.27. The molecule has 142 valence electrons.